The zero-order valence-electron chi connectivity index (χ0n) is 15.9. The Kier molecular flexibility index (Phi) is 5.30. The quantitative estimate of drug-likeness (QED) is 0.915. The average molecular weight is 353 g/mol. The van der Waals surface area contributed by atoms with Crippen LogP contribution in [0, 0.1) is 0 Å². The Balaban J connectivity index is 1.84. The van der Waals surface area contributed by atoms with Gasteiger partial charge in [0, 0.05) is 38.4 Å². The second-order valence-corrected chi connectivity index (χ2v) is 7.33. The van der Waals surface area contributed by atoms with Gasteiger partial charge in [-0.05, 0) is 49.5 Å². The maximum absolute atomic E-state index is 12.9. The molecule has 0 aliphatic carbocycles. The van der Waals surface area contributed by atoms with E-state index in [2.05, 4.69) is 23.1 Å². The summed E-state index contributed by atoms with van der Waals surface area (Å²) in [6.45, 7) is 0.926. The molecule has 1 saturated heterocycles. The number of carbonyl (C=O) groups is 1. The molecule has 138 valence electrons. The predicted molar refractivity (Wildman–Crippen MR) is 106 cm³/mol. The lowest BCUT2D eigenvalue weighted by molar-refractivity contribution is 0.0764. The summed E-state index contributed by atoms with van der Waals surface area (Å²) in [5.41, 5.74) is 3.88. The van der Waals surface area contributed by atoms with E-state index in [9.17, 15) is 9.90 Å². The number of hydrogen-bond donors (Lipinski definition) is 1. The number of β-amino-alcohol motifs (C(OH)–C–C–N with tert-alkyl or cyclic N) is 1. The van der Waals surface area contributed by atoms with Gasteiger partial charge in [0.15, 0.2) is 0 Å². The first-order valence-corrected chi connectivity index (χ1v) is 8.88. The highest BCUT2D eigenvalue weighted by atomic mass is 16.3. The van der Waals surface area contributed by atoms with Gasteiger partial charge in [0.05, 0.1) is 12.1 Å². The summed E-state index contributed by atoms with van der Waals surface area (Å²) < 4.78 is 0. The molecule has 2 aromatic carbocycles. The first-order valence-electron chi connectivity index (χ1n) is 8.88. The molecule has 26 heavy (non-hydrogen) atoms. The smallest absolute Gasteiger partial charge is 0.254 e. The molecule has 1 fully saturated rings. The van der Waals surface area contributed by atoms with E-state index < -0.39 is 6.10 Å². The predicted octanol–water partition coefficient (Wildman–Crippen LogP) is 2.17. The Morgan fingerprint density at radius 3 is 2.27 bits per heavy atom. The molecule has 5 heteroatoms. The van der Waals surface area contributed by atoms with Crippen LogP contribution in [0.2, 0.25) is 0 Å². The molecule has 1 heterocycles. The third kappa shape index (κ3) is 3.74. The van der Waals surface area contributed by atoms with Crippen LogP contribution in [0.5, 0.6) is 0 Å². The van der Waals surface area contributed by atoms with Gasteiger partial charge in [0.2, 0.25) is 0 Å². The van der Waals surface area contributed by atoms with E-state index in [1.54, 1.807) is 4.90 Å². The summed E-state index contributed by atoms with van der Waals surface area (Å²) in [6, 6.07) is 16.0. The van der Waals surface area contributed by atoms with Gasteiger partial charge in [-0.15, -0.1) is 0 Å². The Morgan fingerprint density at radius 1 is 1.00 bits per heavy atom. The van der Waals surface area contributed by atoms with Crippen molar-refractivity contribution in [2.45, 2.75) is 12.1 Å². The van der Waals surface area contributed by atoms with Crippen LogP contribution in [0.15, 0.2) is 48.5 Å². The molecule has 3 rings (SSSR count). The van der Waals surface area contributed by atoms with E-state index in [4.69, 9.17) is 0 Å². The fourth-order valence-corrected chi connectivity index (χ4v) is 3.42. The molecule has 2 aromatic rings. The number of carbonyl (C=O) groups excluding carboxylic acids is 1. The molecule has 1 aliphatic rings. The number of hydrogen-bond acceptors (Lipinski definition) is 4. The lowest BCUT2D eigenvalue weighted by atomic mass is 10.0. The number of aliphatic hydroxyl groups excluding tert-OH is 1. The topological polar surface area (TPSA) is 47.0 Å². The van der Waals surface area contributed by atoms with Gasteiger partial charge >= 0.3 is 0 Å². The maximum atomic E-state index is 12.9. The zero-order valence-corrected chi connectivity index (χ0v) is 15.9. The monoisotopic (exact) mass is 353 g/mol. The van der Waals surface area contributed by atoms with Crippen molar-refractivity contribution < 1.29 is 9.90 Å². The van der Waals surface area contributed by atoms with Gasteiger partial charge in [-0.2, -0.15) is 0 Å². The number of likely N-dealkylation sites (N-methyl/N-ethyl adjacent to an activating group) is 1. The summed E-state index contributed by atoms with van der Waals surface area (Å²) in [5, 5.41) is 10.2. The fourth-order valence-electron chi connectivity index (χ4n) is 3.42. The second kappa shape index (κ2) is 7.48. The standard InChI is InChI=1S/C21H27N3O2/c1-22(2)18-10-6-8-16(12-18)15-7-5-9-17(11-15)21(26)24-13-19(23(3)4)20(25)14-24/h5-12,19-20,25H,13-14H2,1-4H3. The molecular formula is C21H27N3O2. The largest absolute Gasteiger partial charge is 0.390 e. The van der Waals surface area contributed by atoms with E-state index in [1.165, 1.54) is 0 Å². The van der Waals surface area contributed by atoms with E-state index in [-0.39, 0.29) is 11.9 Å². The van der Waals surface area contributed by atoms with E-state index >= 15 is 0 Å². The maximum Gasteiger partial charge on any atom is 0.254 e. The van der Waals surface area contributed by atoms with Gasteiger partial charge in [-0.3, -0.25) is 4.79 Å². The molecule has 2 atom stereocenters. The van der Waals surface area contributed by atoms with Crippen LogP contribution in [0.4, 0.5) is 5.69 Å². The van der Waals surface area contributed by atoms with Gasteiger partial charge in [-0.25, -0.2) is 0 Å². The van der Waals surface area contributed by atoms with Gasteiger partial charge in [0.1, 0.15) is 0 Å². The molecule has 0 aromatic heterocycles. The fraction of sp³-hybridized carbons (Fsp3) is 0.381. The Bertz CT molecular complexity index is 788. The van der Waals surface area contributed by atoms with Crippen LogP contribution in [0.3, 0.4) is 0 Å². The highest BCUT2D eigenvalue weighted by Gasteiger charge is 2.35. The van der Waals surface area contributed by atoms with Crippen LogP contribution in [-0.4, -0.2) is 74.2 Å². The number of likely N-dealkylation sites (tertiary alicyclic amines) is 1. The molecule has 5 nitrogen and oxygen atoms in total. The molecule has 0 bridgehead atoms. The van der Waals surface area contributed by atoms with Crippen molar-refractivity contribution in [3.8, 4) is 11.1 Å². The number of aliphatic hydroxyl groups is 1. The Hall–Kier alpha value is -2.37. The normalized spacial score (nSPS) is 19.8. The summed E-state index contributed by atoms with van der Waals surface area (Å²) in [6.07, 6.45) is -0.506. The second-order valence-electron chi connectivity index (χ2n) is 7.33. The summed E-state index contributed by atoms with van der Waals surface area (Å²) >= 11 is 0. The first kappa shape index (κ1) is 18.4. The summed E-state index contributed by atoms with van der Waals surface area (Å²) in [7, 11) is 7.89. The average Bonchev–Trinajstić information content (AvgIpc) is 3.03. The molecule has 2 unspecified atom stereocenters. The van der Waals surface area contributed by atoms with Crippen LogP contribution in [0.1, 0.15) is 10.4 Å². The Labute approximate surface area is 155 Å². The number of nitrogens with zero attached hydrogens (tertiary/aromatic N) is 3. The highest BCUT2D eigenvalue weighted by molar-refractivity contribution is 5.95. The van der Waals surface area contributed by atoms with Crippen molar-refractivity contribution in [1.82, 2.24) is 9.80 Å². The van der Waals surface area contributed by atoms with Crippen molar-refractivity contribution in [2.24, 2.45) is 0 Å². The van der Waals surface area contributed by atoms with E-state index in [0.29, 0.717) is 18.7 Å². The van der Waals surface area contributed by atoms with Crippen LogP contribution in [-0.2, 0) is 0 Å². The summed E-state index contributed by atoms with van der Waals surface area (Å²) in [4.78, 5) is 18.7. The Morgan fingerprint density at radius 2 is 1.65 bits per heavy atom. The molecule has 0 spiro atoms. The van der Waals surface area contributed by atoms with E-state index in [0.717, 1.165) is 16.8 Å². The van der Waals surface area contributed by atoms with Crippen molar-refractivity contribution in [2.75, 3.05) is 46.2 Å². The number of amides is 1. The molecule has 0 radical (unpaired) electrons. The summed E-state index contributed by atoms with van der Waals surface area (Å²) in [5.74, 6) is -0.0287. The third-order valence-corrected chi connectivity index (χ3v) is 5.01. The van der Waals surface area contributed by atoms with Gasteiger partial charge < -0.3 is 19.8 Å². The van der Waals surface area contributed by atoms with Gasteiger partial charge in [-0.1, -0.05) is 24.3 Å². The van der Waals surface area contributed by atoms with Gasteiger partial charge in [0.25, 0.3) is 5.91 Å². The van der Waals surface area contributed by atoms with Crippen LogP contribution < -0.4 is 4.90 Å². The lowest BCUT2D eigenvalue weighted by Crippen LogP contribution is -2.38. The highest BCUT2D eigenvalue weighted by Crippen LogP contribution is 2.26. The number of rotatable bonds is 4. The number of benzene rings is 2. The molecule has 0 saturated carbocycles. The lowest BCUT2D eigenvalue weighted by Gasteiger charge is -2.21. The van der Waals surface area contributed by atoms with Crippen molar-refractivity contribution in [3.05, 3.63) is 54.1 Å². The van der Waals surface area contributed by atoms with Crippen LogP contribution >= 0.6 is 0 Å². The molecule has 1 amide bonds. The van der Waals surface area contributed by atoms with Crippen molar-refractivity contribution in [3.63, 3.8) is 0 Å². The minimum Gasteiger partial charge on any atom is -0.390 e. The number of anilines is 1. The van der Waals surface area contributed by atoms with E-state index in [1.807, 2.05) is 63.4 Å². The minimum atomic E-state index is -0.506. The minimum absolute atomic E-state index is 0.0149. The molecule has 1 N–H and O–H groups in total. The van der Waals surface area contributed by atoms with Crippen molar-refractivity contribution in [1.29, 1.82) is 0 Å². The first-order chi connectivity index (χ1) is 12.4. The zero-order chi connectivity index (χ0) is 18.8. The van der Waals surface area contributed by atoms with Crippen LogP contribution in [0.25, 0.3) is 11.1 Å². The van der Waals surface area contributed by atoms with Crippen molar-refractivity contribution >= 4 is 11.6 Å². The molecule has 1 aliphatic heterocycles. The SMILES string of the molecule is CN(C)c1cccc(-c2cccc(C(=O)N3CC(O)C(N(C)C)C3)c2)c1. The third-order valence-electron chi connectivity index (χ3n) is 5.01. The molecular weight excluding hydrogens is 326 g/mol.